The summed E-state index contributed by atoms with van der Waals surface area (Å²) >= 11 is 0. The van der Waals surface area contributed by atoms with Gasteiger partial charge in [-0.15, -0.1) is 12.4 Å². The molecule has 0 atom stereocenters. The molecule has 0 aliphatic heterocycles. The van der Waals surface area contributed by atoms with E-state index in [1.807, 2.05) is 0 Å². The van der Waals surface area contributed by atoms with Crippen LogP contribution in [-0.2, 0) is 22.0 Å². The molecular formula is C14H20ClF3N2O2S. The Kier molecular flexibility index (Phi) is 6.88. The first kappa shape index (κ1) is 20.2. The lowest BCUT2D eigenvalue weighted by Crippen LogP contribution is -2.40. The lowest BCUT2D eigenvalue weighted by atomic mass is 9.93. The van der Waals surface area contributed by atoms with E-state index in [0.29, 0.717) is 12.8 Å². The first-order chi connectivity index (χ1) is 10.2. The number of nitrogens with one attached hydrogen (secondary N) is 1. The summed E-state index contributed by atoms with van der Waals surface area (Å²) in [4.78, 5) is 0. The van der Waals surface area contributed by atoms with Crippen LogP contribution in [0.15, 0.2) is 24.3 Å². The highest BCUT2D eigenvalue weighted by Gasteiger charge is 2.31. The molecule has 1 saturated carbocycles. The van der Waals surface area contributed by atoms with Gasteiger partial charge in [0.2, 0.25) is 10.0 Å². The average molecular weight is 373 g/mol. The van der Waals surface area contributed by atoms with Gasteiger partial charge in [0.1, 0.15) is 0 Å². The van der Waals surface area contributed by atoms with Crippen molar-refractivity contribution in [1.82, 2.24) is 4.72 Å². The fraction of sp³-hybridized carbons (Fsp3) is 0.571. The topological polar surface area (TPSA) is 72.2 Å². The quantitative estimate of drug-likeness (QED) is 0.853. The molecular weight excluding hydrogens is 353 g/mol. The van der Waals surface area contributed by atoms with Crippen molar-refractivity contribution in [3.8, 4) is 0 Å². The van der Waals surface area contributed by atoms with Gasteiger partial charge >= 0.3 is 6.18 Å². The van der Waals surface area contributed by atoms with Gasteiger partial charge in [-0.3, -0.25) is 0 Å². The highest BCUT2D eigenvalue weighted by atomic mass is 35.5. The minimum absolute atomic E-state index is 0. The number of alkyl halides is 3. The molecule has 1 aliphatic rings. The monoisotopic (exact) mass is 372 g/mol. The Balaban J connectivity index is 0.00000264. The SMILES string of the molecule is Cl.NC1CCC(NS(=O)(=O)Cc2cccc(C(F)(F)F)c2)CC1. The second-order valence-corrected chi connectivity index (χ2v) is 7.44. The molecule has 0 spiro atoms. The number of nitrogens with two attached hydrogens (primary N) is 1. The van der Waals surface area contributed by atoms with Crippen molar-refractivity contribution in [2.24, 2.45) is 5.73 Å². The molecule has 9 heteroatoms. The third-order valence-corrected chi connectivity index (χ3v) is 5.13. The molecule has 23 heavy (non-hydrogen) atoms. The van der Waals surface area contributed by atoms with Crippen LogP contribution < -0.4 is 10.5 Å². The zero-order valence-electron chi connectivity index (χ0n) is 12.3. The summed E-state index contributed by atoms with van der Waals surface area (Å²) in [5.41, 5.74) is 5.03. The molecule has 1 aliphatic carbocycles. The number of benzene rings is 1. The van der Waals surface area contributed by atoms with Gasteiger partial charge in [-0.25, -0.2) is 13.1 Å². The number of hydrogen-bond acceptors (Lipinski definition) is 3. The van der Waals surface area contributed by atoms with Crippen molar-refractivity contribution in [1.29, 1.82) is 0 Å². The predicted molar refractivity (Wildman–Crippen MR) is 84.7 cm³/mol. The van der Waals surface area contributed by atoms with E-state index in [4.69, 9.17) is 5.73 Å². The third kappa shape index (κ3) is 6.29. The third-order valence-electron chi connectivity index (χ3n) is 3.73. The van der Waals surface area contributed by atoms with E-state index >= 15 is 0 Å². The average Bonchev–Trinajstić information content (AvgIpc) is 2.40. The predicted octanol–water partition coefficient (Wildman–Crippen LogP) is 2.82. The lowest BCUT2D eigenvalue weighted by molar-refractivity contribution is -0.137. The van der Waals surface area contributed by atoms with Crippen LogP contribution in [0.5, 0.6) is 0 Å². The summed E-state index contributed by atoms with van der Waals surface area (Å²) < 4.78 is 64.6. The van der Waals surface area contributed by atoms with Crippen LogP contribution in [0.25, 0.3) is 0 Å². The van der Waals surface area contributed by atoms with Crippen LogP contribution in [-0.4, -0.2) is 20.5 Å². The Morgan fingerprint density at radius 1 is 1.17 bits per heavy atom. The van der Waals surface area contributed by atoms with Gasteiger partial charge in [0, 0.05) is 12.1 Å². The maximum atomic E-state index is 12.6. The zero-order chi connectivity index (χ0) is 16.4. The Hall–Kier alpha value is -0.830. The van der Waals surface area contributed by atoms with E-state index in [-0.39, 0.29) is 30.1 Å². The molecule has 4 nitrogen and oxygen atoms in total. The van der Waals surface area contributed by atoms with Gasteiger partial charge in [0.25, 0.3) is 0 Å². The summed E-state index contributed by atoms with van der Waals surface area (Å²) in [7, 11) is -3.67. The van der Waals surface area contributed by atoms with Crippen LogP contribution in [0.4, 0.5) is 13.2 Å². The highest BCUT2D eigenvalue weighted by Crippen LogP contribution is 2.30. The number of rotatable bonds is 4. The lowest BCUT2D eigenvalue weighted by Gasteiger charge is -2.26. The van der Waals surface area contributed by atoms with Crippen LogP contribution in [0.2, 0.25) is 0 Å². The molecule has 3 N–H and O–H groups in total. The number of sulfonamides is 1. The molecule has 1 aromatic rings. The van der Waals surface area contributed by atoms with E-state index in [1.165, 1.54) is 12.1 Å². The van der Waals surface area contributed by atoms with Crippen molar-refractivity contribution in [2.75, 3.05) is 0 Å². The van der Waals surface area contributed by atoms with Crippen molar-refractivity contribution in [3.05, 3.63) is 35.4 Å². The minimum atomic E-state index is -4.48. The molecule has 0 amide bonds. The van der Waals surface area contributed by atoms with Gasteiger partial charge in [0.15, 0.2) is 0 Å². The first-order valence-electron chi connectivity index (χ1n) is 7.07. The van der Waals surface area contributed by atoms with E-state index in [0.717, 1.165) is 25.0 Å². The molecule has 0 unspecified atom stereocenters. The summed E-state index contributed by atoms with van der Waals surface area (Å²) in [6, 6.07) is 4.31. The largest absolute Gasteiger partial charge is 0.416 e. The summed E-state index contributed by atoms with van der Waals surface area (Å²) in [6.07, 6.45) is -1.67. The maximum Gasteiger partial charge on any atom is 0.416 e. The zero-order valence-corrected chi connectivity index (χ0v) is 14.0. The molecule has 0 heterocycles. The number of halogens is 4. The molecule has 0 bridgehead atoms. The van der Waals surface area contributed by atoms with Crippen molar-refractivity contribution in [3.63, 3.8) is 0 Å². The van der Waals surface area contributed by atoms with E-state index < -0.39 is 27.5 Å². The van der Waals surface area contributed by atoms with Crippen LogP contribution in [0.3, 0.4) is 0 Å². The van der Waals surface area contributed by atoms with Gasteiger partial charge in [-0.1, -0.05) is 18.2 Å². The van der Waals surface area contributed by atoms with E-state index in [9.17, 15) is 21.6 Å². The van der Waals surface area contributed by atoms with Gasteiger partial charge in [-0.2, -0.15) is 13.2 Å². The molecule has 0 aromatic heterocycles. The maximum absolute atomic E-state index is 12.6. The van der Waals surface area contributed by atoms with Gasteiger partial charge in [0.05, 0.1) is 11.3 Å². The van der Waals surface area contributed by atoms with Gasteiger partial charge < -0.3 is 5.73 Å². The molecule has 1 fully saturated rings. The van der Waals surface area contributed by atoms with Gasteiger partial charge in [-0.05, 0) is 37.3 Å². The van der Waals surface area contributed by atoms with Crippen LogP contribution in [0.1, 0.15) is 36.8 Å². The second-order valence-electron chi connectivity index (χ2n) is 5.69. The highest BCUT2D eigenvalue weighted by molar-refractivity contribution is 7.88. The Morgan fingerprint density at radius 2 is 1.78 bits per heavy atom. The molecule has 0 radical (unpaired) electrons. The molecule has 132 valence electrons. The normalized spacial score (nSPS) is 22.4. The van der Waals surface area contributed by atoms with Crippen LogP contribution in [0, 0.1) is 0 Å². The molecule has 1 aromatic carbocycles. The van der Waals surface area contributed by atoms with Crippen molar-refractivity contribution < 1.29 is 21.6 Å². The Morgan fingerprint density at radius 3 is 2.35 bits per heavy atom. The van der Waals surface area contributed by atoms with Crippen molar-refractivity contribution in [2.45, 2.75) is 49.7 Å². The summed E-state index contributed by atoms with van der Waals surface area (Å²) in [5, 5.41) is 0. The Bertz CT molecular complexity index is 615. The fourth-order valence-corrected chi connectivity index (χ4v) is 4.03. The van der Waals surface area contributed by atoms with Crippen molar-refractivity contribution >= 4 is 22.4 Å². The standard InChI is InChI=1S/C14H19F3N2O2S.ClH/c15-14(16,17)11-3-1-2-10(8-11)9-22(20,21)19-13-6-4-12(18)5-7-13;/h1-3,8,12-13,19H,4-7,9,18H2;1H. The minimum Gasteiger partial charge on any atom is -0.328 e. The molecule has 2 rings (SSSR count). The van der Waals surface area contributed by atoms with Crippen LogP contribution >= 0.6 is 12.4 Å². The Labute approximate surface area is 140 Å². The first-order valence-corrected chi connectivity index (χ1v) is 8.73. The smallest absolute Gasteiger partial charge is 0.328 e. The summed E-state index contributed by atoms with van der Waals surface area (Å²) in [5.74, 6) is -0.459. The van der Waals surface area contributed by atoms with E-state index in [1.54, 1.807) is 0 Å². The molecule has 0 saturated heterocycles. The van der Waals surface area contributed by atoms with E-state index in [2.05, 4.69) is 4.72 Å². The number of hydrogen-bond donors (Lipinski definition) is 2. The fourth-order valence-electron chi connectivity index (χ4n) is 2.59. The summed E-state index contributed by atoms with van der Waals surface area (Å²) in [6.45, 7) is 0. The second kappa shape index (κ2) is 7.83.